The molecule has 3 aromatic carbocycles. The Bertz CT molecular complexity index is 1750. The molecule has 5 rings (SSSR count). The van der Waals surface area contributed by atoms with Gasteiger partial charge in [0.25, 0.3) is 0 Å². The minimum absolute atomic E-state index is 0.129. The lowest BCUT2D eigenvalue weighted by atomic mass is 10.1. The maximum absolute atomic E-state index is 14.0. The molecule has 0 fully saturated rings. The van der Waals surface area contributed by atoms with E-state index in [0.717, 1.165) is 45.2 Å². The van der Waals surface area contributed by atoms with Gasteiger partial charge in [0.15, 0.2) is 5.65 Å². The highest BCUT2D eigenvalue weighted by Crippen LogP contribution is 2.31. The van der Waals surface area contributed by atoms with Crippen molar-refractivity contribution >= 4 is 59.8 Å². The molecule has 2 aromatic heterocycles. The Balaban J connectivity index is 1.39. The minimum atomic E-state index is -3.72. The van der Waals surface area contributed by atoms with Crippen LogP contribution in [0.5, 0.6) is 0 Å². The molecule has 1 N–H and O–H groups in total. The Labute approximate surface area is 248 Å². The Morgan fingerprint density at radius 1 is 1.07 bits per heavy atom. The first kappa shape index (κ1) is 28.5. The van der Waals surface area contributed by atoms with Crippen molar-refractivity contribution in [3.8, 4) is 11.3 Å². The van der Waals surface area contributed by atoms with Crippen molar-refractivity contribution in [2.24, 2.45) is 0 Å². The summed E-state index contributed by atoms with van der Waals surface area (Å²) < 4.78 is 32.2. The summed E-state index contributed by atoms with van der Waals surface area (Å²) in [6, 6.07) is 22.4. The van der Waals surface area contributed by atoms with E-state index >= 15 is 0 Å². The number of aromatic nitrogens is 3. The summed E-state index contributed by atoms with van der Waals surface area (Å²) in [4.78, 5) is 5.11. The molecule has 5 aromatic rings. The summed E-state index contributed by atoms with van der Waals surface area (Å²) >= 11 is 10.0. The molecule has 7 nitrogen and oxygen atoms in total. The third kappa shape index (κ3) is 5.74. The SMILES string of the molecule is CCCC(C)N(CCCNc1cc(-c2ccccc2Cl)nc2c(Br)cnn12)S(=O)(=O)c1cccc2ccccc12. The predicted octanol–water partition coefficient (Wildman–Crippen LogP) is 7.65. The Morgan fingerprint density at radius 2 is 1.82 bits per heavy atom. The van der Waals surface area contributed by atoms with Crippen molar-refractivity contribution in [3.05, 3.63) is 88.5 Å². The molecule has 0 amide bonds. The highest BCUT2D eigenvalue weighted by Gasteiger charge is 2.29. The van der Waals surface area contributed by atoms with Crippen LogP contribution in [-0.4, -0.2) is 46.5 Å². The van der Waals surface area contributed by atoms with E-state index in [1.54, 1.807) is 21.1 Å². The van der Waals surface area contributed by atoms with Gasteiger partial charge in [-0.2, -0.15) is 13.9 Å². The zero-order valence-electron chi connectivity index (χ0n) is 22.4. The van der Waals surface area contributed by atoms with Gasteiger partial charge in [-0.15, -0.1) is 0 Å². The van der Waals surface area contributed by atoms with E-state index < -0.39 is 10.0 Å². The minimum Gasteiger partial charge on any atom is -0.370 e. The zero-order chi connectivity index (χ0) is 28.3. The number of nitrogens with one attached hydrogen (secondary N) is 1. The molecule has 208 valence electrons. The number of hydrogen-bond donors (Lipinski definition) is 1. The molecule has 0 aliphatic heterocycles. The van der Waals surface area contributed by atoms with Crippen molar-refractivity contribution in [2.75, 3.05) is 18.4 Å². The van der Waals surface area contributed by atoms with Gasteiger partial charge < -0.3 is 5.32 Å². The third-order valence-corrected chi connectivity index (χ3v) is 9.94. The number of sulfonamides is 1. The van der Waals surface area contributed by atoms with Gasteiger partial charge in [0.05, 0.1) is 21.3 Å². The van der Waals surface area contributed by atoms with Crippen LogP contribution >= 0.6 is 27.5 Å². The molecule has 0 spiro atoms. The van der Waals surface area contributed by atoms with Crippen LogP contribution in [0.2, 0.25) is 5.02 Å². The highest BCUT2D eigenvalue weighted by atomic mass is 79.9. The second-order valence-electron chi connectivity index (χ2n) is 9.75. The summed E-state index contributed by atoms with van der Waals surface area (Å²) in [7, 11) is -3.72. The number of halogens is 2. The molecule has 1 atom stereocenters. The van der Waals surface area contributed by atoms with Gasteiger partial charge in [-0.3, -0.25) is 0 Å². The summed E-state index contributed by atoms with van der Waals surface area (Å²) in [5, 5.41) is 10.2. The van der Waals surface area contributed by atoms with Crippen molar-refractivity contribution in [3.63, 3.8) is 0 Å². The quantitative estimate of drug-likeness (QED) is 0.150. The molecular formula is C30H31BrClN5O2S. The van der Waals surface area contributed by atoms with E-state index in [2.05, 4.69) is 33.3 Å². The summed E-state index contributed by atoms with van der Waals surface area (Å²) in [6.07, 6.45) is 3.99. The molecule has 0 radical (unpaired) electrons. The lowest BCUT2D eigenvalue weighted by molar-refractivity contribution is 0.319. The predicted molar refractivity (Wildman–Crippen MR) is 166 cm³/mol. The van der Waals surface area contributed by atoms with Crippen molar-refractivity contribution in [1.29, 1.82) is 0 Å². The highest BCUT2D eigenvalue weighted by molar-refractivity contribution is 9.10. The molecule has 10 heteroatoms. The number of hydrogen-bond acceptors (Lipinski definition) is 5. The normalized spacial score (nSPS) is 12.8. The second kappa shape index (κ2) is 12.3. The van der Waals surface area contributed by atoms with Crippen LogP contribution in [0, 0.1) is 0 Å². The van der Waals surface area contributed by atoms with E-state index in [1.807, 2.05) is 73.7 Å². The van der Waals surface area contributed by atoms with Crippen molar-refractivity contribution in [1.82, 2.24) is 18.9 Å². The molecule has 0 saturated heterocycles. The molecule has 0 bridgehead atoms. The first-order valence-electron chi connectivity index (χ1n) is 13.3. The van der Waals surface area contributed by atoms with Gasteiger partial charge in [0.2, 0.25) is 10.0 Å². The number of nitrogens with zero attached hydrogens (tertiary/aromatic N) is 4. The molecule has 2 heterocycles. The Kier molecular flexibility index (Phi) is 8.75. The largest absolute Gasteiger partial charge is 0.370 e. The van der Waals surface area contributed by atoms with Crippen LogP contribution in [0.1, 0.15) is 33.1 Å². The Hall–Kier alpha value is -2.98. The number of rotatable bonds is 11. The smallest absolute Gasteiger partial charge is 0.243 e. The van der Waals surface area contributed by atoms with Gasteiger partial charge in [-0.05, 0) is 53.2 Å². The molecule has 40 heavy (non-hydrogen) atoms. The average Bonchev–Trinajstić information content (AvgIpc) is 3.33. The maximum Gasteiger partial charge on any atom is 0.243 e. The fourth-order valence-electron chi connectivity index (χ4n) is 5.01. The first-order chi connectivity index (χ1) is 19.3. The van der Waals surface area contributed by atoms with Crippen LogP contribution in [0.4, 0.5) is 5.82 Å². The van der Waals surface area contributed by atoms with Gasteiger partial charge in [-0.1, -0.05) is 79.5 Å². The summed E-state index contributed by atoms with van der Waals surface area (Å²) in [6.45, 7) is 4.99. The molecule has 1 unspecified atom stereocenters. The molecule has 0 aliphatic rings. The second-order valence-corrected chi connectivity index (χ2v) is 12.9. The van der Waals surface area contributed by atoms with Crippen LogP contribution in [-0.2, 0) is 10.0 Å². The van der Waals surface area contributed by atoms with Crippen LogP contribution in [0.25, 0.3) is 27.7 Å². The van der Waals surface area contributed by atoms with E-state index in [1.165, 1.54) is 0 Å². The molecule has 0 saturated carbocycles. The van der Waals surface area contributed by atoms with E-state index in [9.17, 15) is 8.42 Å². The number of fused-ring (bicyclic) bond motifs is 2. The maximum atomic E-state index is 14.0. The molecule has 0 aliphatic carbocycles. The topological polar surface area (TPSA) is 79.6 Å². The third-order valence-electron chi connectivity index (χ3n) is 6.97. The van der Waals surface area contributed by atoms with E-state index in [4.69, 9.17) is 16.6 Å². The van der Waals surface area contributed by atoms with E-state index in [-0.39, 0.29) is 6.04 Å². The lowest BCUT2D eigenvalue weighted by Gasteiger charge is -2.29. The Morgan fingerprint density at radius 3 is 2.62 bits per heavy atom. The van der Waals surface area contributed by atoms with Gasteiger partial charge in [-0.25, -0.2) is 13.4 Å². The zero-order valence-corrected chi connectivity index (χ0v) is 25.5. The van der Waals surface area contributed by atoms with Crippen molar-refractivity contribution < 1.29 is 8.42 Å². The van der Waals surface area contributed by atoms with Crippen LogP contribution < -0.4 is 5.32 Å². The lowest BCUT2D eigenvalue weighted by Crippen LogP contribution is -2.40. The molecular weight excluding hydrogens is 610 g/mol. The summed E-state index contributed by atoms with van der Waals surface area (Å²) in [5.74, 6) is 0.746. The van der Waals surface area contributed by atoms with Crippen LogP contribution in [0.15, 0.2) is 88.4 Å². The van der Waals surface area contributed by atoms with Gasteiger partial charge >= 0.3 is 0 Å². The monoisotopic (exact) mass is 639 g/mol. The van der Waals surface area contributed by atoms with Crippen LogP contribution in [0.3, 0.4) is 0 Å². The average molecular weight is 641 g/mol. The van der Waals surface area contributed by atoms with E-state index in [0.29, 0.717) is 35.1 Å². The fraction of sp³-hybridized carbons (Fsp3) is 0.267. The van der Waals surface area contributed by atoms with Gasteiger partial charge in [0.1, 0.15) is 5.82 Å². The number of anilines is 1. The van der Waals surface area contributed by atoms with Crippen molar-refractivity contribution in [2.45, 2.75) is 44.0 Å². The fourth-order valence-corrected chi connectivity index (χ4v) is 7.50. The van der Waals surface area contributed by atoms with Gasteiger partial charge in [0, 0.05) is 41.2 Å². The summed E-state index contributed by atoms with van der Waals surface area (Å²) in [5.41, 5.74) is 2.21. The first-order valence-corrected chi connectivity index (χ1v) is 15.9. The standard InChI is InChI=1S/C30H31BrClN5O2S/c1-3-10-21(2)36(40(38,39)28-16-8-12-22-11-4-5-13-23(22)28)18-9-17-33-29-19-27(24-14-6-7-15-26(24)32)35-30-25(31)20-34-37(29)30/h4-8,11-16,19-21,33H,3,9-10,17-18H2,1-2H3. The number of benzene rings is 3.